The van der Waals surface area contributed by atoms with Gasteiger partial charge >= 0.3 is 0 Å². The molecule has 0 amide bonds. The zero-order valence-corrected chi connectivity index (χ0v) is 8.63. The Balaban J connectivity index is 2.51. The fourth-order valence-electron chi connectivity index (χ4n) is 1.23. The first-order valence-corrected chi connectivity index (χ1v) is 4.65. The van der Waals surface area contributed by atoms with Gasteiger partial charge in [0.15, 0.2) is 0 Å². The normalized spacial score (nSPS) is 11.1. The summed E-state index contributed by atoms with van der Waals surface area (Å²) in [6.45, 7) is 3.28. The quantitative estimate of drug-likeness (QED) is 0.611. The van der Waals surface area contributed by atoms with Gasteiger partial charge in [-0.2, -0.15) is 0 Å². The molecule has 2 heterocycles. The number of hydrogen-bond acceptors (Lipinski definition) is 2. The predicted molar refractivity (Wildman–Crippen MR) is 55.8 cm³/mol. The van der Waals surface area contributed by atoms with Crippen LogP contribution in [0, 0.1) is 11.8 Å². The molecule has 0 radical (unpaired) electrons. The summed E-state index contributed by atoms with van der Waals surface area (Å²) in [5.74, 6) is 5.60. The van der Waals surface area contributed by atoms with Gasteiger partial charge in [-0.25, -0.2) is 4.98 Å². The Morgan fingerprint density at radius 2 is 2.33 bits per heavy atom. The third-order valence-electron chi connectivity index (χ3n) is 1.89. The zero-order valence-electron chi connectivity index (χ0n) is 8.63. The summed E-state index contributed by atoms with van der Waals surface area (Å²) in [4.78, 5) is 10.1. The van der Waals surface area contributed by atoms with Crippen LogP contribution in [0.3, 0.4) is 0 Å². The minimum Gasteiger partial charge on any atom is -0.378 e. The van der Waals surface area contributed by atoms with Crippen LogP contribution in [0.1, 0.15) is 19.5 Å². The lowest BCUT2D eigenvalue weighted by molar-refractivity contribution is -0.352. The summed E-state index contributed by atoms with van der Waals surface area (Å²) < 4.78 is 0. The highest BCUT2D eigenvalue weighted by Gasteiger charge is 2.09. The van der Waals surface area contributed by atoms with Gasteiger partial charge in [0.1, 0.15) is 11.0 Å². The molecule has 0 aliphatic carbocycles. The number of aliphatic hydroxyl groups is 1. The second-order valence-electron chi connectivity index (χ2n) is 3.83. The van der Waals surface area contributed by atoms with Crippen LogP contribution in [0.25, 0.3) is 11.0 Å². The molecule has 0 spiro atoms. The molecule has 0 saturated carbocycles. The number of nitrogens with zero attached hydrogens (tertiary/aromatic N) is 1. The van der Waals surface area contributed by atoms with Crippen LogP contribution in [-0.4, -0.2) is 20.7 Å². The summed E-state index contributed by atoms with van der Waals surface area (Å²) in [5, 5.41) is 10.4. The largest absolute Gasteiger partial charge is 0.378 e. The summed E-state index contributed by atoms with van der Waals surface area (Å²) in [5.41, 5.74) is 0.543. The van der Waals surface area contributed by atoms with Crippen molar-refractivity contribution in [1.82, 2.24) is 9.97 Å². The first kappa shape index (κ1) is 9.69. The van der Waals surface area contributed by atoms with E-state index in [0.29, 0.717) is 5.69 Å². The molecule has 15 heavy (non-hydrogen) atoms. The number of H-pyrrole nitrogens is 2. The molecule has 2 aromatic rings. The number of hydrogen-bond donors (Lipinski definition) is 2. The Bertz CT molecular complexity index is 540. The van der Waals surface area contributed by atoms with Crippen molar-refractivity contribution in [3.05, 3.63) is 24.3 Å². The van der Waals surface area contributed by atoms with Crippen molar-refractivity contribution in [3.63, 3.8) is 0 Å². The van der Waals surface area contributed by atoms with Gasteiger partial charge in [-0.15, -0.1) is 4.98 Å². The maximum atomic E-state index is 9.48. The maximum absolute atomic E-state index is 9.48. The molecule has 2 rings (SSSR count). The van der Waals surface area contributed by atoms with Crippen LogP contribution in [0.5, 0.6) is 0 Å². The molecule has 0 atom stereocenters. The van der Waals surface area contributed by atoms with E-state index >= 15 is 0 Å². The molecule has 0 aromatic carbocycles. The summed E-state index contributed by atoms with van der Waals surface area (Å²) in [6, 6.07) is 1.90. The molecule has 4 nitrogen and oxygen atoms in total. The van der Waals surface area contributed by atoms with E-state index in [1.165, 1.54) is 0 Å². The highest BCUT2D eigenvalue weighted by molar-refractivity contribution is 5.78. The van der Waals surface area contributed by atoms with E-state index in [4.69, 9.17) is 0 Å². The molecule has 4 heteroatoms. The number of fused-ring (bicyclic) bond motifs is 1. The third kappa shape index (κ3) is 2.14. The van der Waals surface area contributed by atoms with Gasteiger partial charge in [-0.1, -0.05) is 5.92 Å². The maximum Gasteiger partial charge on any atom is 0.235 e. The highest BCUT2D eigenvalue weighted by atomic mass is 16.3. The Kier molecular flexibility index (Phi) is 2.18. The Labute approximate surface area is 87.4 Å². The molecule has 2 aromatic heterocycles. The van der Waals surface area contributed by atoms with E-state index in [-0.39, 0.29) is 0 Å². The average Bonchev–Trinajstić information content (AvgIpc) is 2.61. The lowest BCUT2D eigenvalue weighted by Gasteiger charge is -2.05. The van der Waals surface area contributed by atoms with Crippen molar-refractivity contribution in [2.45, 2.75) is 19.4 Å². The van der Waals surface area contributed by atoms with Crippen LogP contribution >= 0.6 is 0 Å². The first-order valence-electron chi connectivity index (χ1n) is 4.65. The molecule has 76 valence electrons. The van der Waals surface area contributed by atoms with Gasteiger partial charge < -0.3 is 5.11 Å². The molecule has 3 N–H and O–H groups in total. The summed E-state index contributed by atoms with van der Waals surface area (Å²) in [6.07, 6.45) is 3.39. The molecular weight excluding hydrogens is 190 g/mol. The SMILES string of the molecule is CC(C)(O)C#Cc1nc[nH+]c2[nH]ccc12. The highest BCUT2D eigenvalue weighted by Crippen LogP contribution is 2.09. The van der Waals surface area contributed by atoms with Gasteiger partial charge in [0.25, 0.3) is 0 Å². The van der Waals surface area contributed by atoms with E-state index in [0.717, 1.165) is 11.0 Å². The molecule has 0 saturated heterocycles. The van der Waals surface area contributed by atoms with Gasteiger partial charge in [-0.05, 0) is 25.8 Å². The smallest absolute Gasteiger partial charge is 0.235 e. The van der Waals surface area contributed by atoms with E-state index in [1.54, 1.807) is 20.2 Å². The van der Waals surface area contributed by atoms with Gasteiger partial charge in [0.2, 0.25) is 17.7 Å². The van der Waals surface area contributed by atoms with Crippen molar-refractivity contribution in [2.75, 3.05) is 0 Å². The monoisotopic (exact) mass is 202 g/mol. The average molecular weight is 202 g/mol. The van der Waals surface area contributed by atoms with Crippen LogP contribution in [-0.2, 0) is 0 Å². The Morgan fingerprint density at radius 3 is 3.07 bits per heavy atom. The van der Waals surface area contributed by atoms with E-state index in [1.807, 2.05) is 12.3 Å². The third-order valence-corrected chi connectivity index (χ3v) is 1.89. The van der Waals surface area contributed by atoms with Crippen molar-refractivity contribution in [3.8, 4) is 11.8 Å². The molecule has 0 aliphatic heterocycles. The van der Waals surface area contributed by atoms with E-state index in [9.17, 15) is 5.11 Å². The van der Waals surface area contributed by atoms with Crippen molar-refractivity contribution in [1.29, 1.82) is 0 Å². The van der Waals surface area contributed by atoms with Crippen molar-refractivity contribution < 1.29 is 10.1 Å². The van der Waals surface area contributed by atoms with Crippen LogP contribution < -0.4 is 4.98 Å². The molecule has 0 bridgehead atoms. The minimum atomic E-state index is -0.996. The second-order valence-corrected chi connectivity index (χ2v) is 3.83. The topological polar surface area (TPSA) is 63.1 Å². The molecule has 0 aliphatic rings. The number of rotatable bonds is 0. The number of aromatic nitrogens is 3. The van der Waals surface area contributed by atoms with Crippen LogP contribution in [0.15, 0.2) is 18.6 Å². The first-order chi connectivity index (χ1) is 7.06. The molecule has 0 unspecified atom stereocenters. The van der Waals surface area contributed by atoms with Gasteiger partial charge in [-0.3, -0.25) is 4.98 Å². The fraction of sp³-hybridized carbons (Fsp3) is 0.273. The standard InChI is InChI=1S/C11H11N3O/c1-11(2,15)5-3-9-8-4-6-12-10(8)14-7-13-9/h4,6-7,15H,1-2H3,(H,12,13,14)/p+1. The van der Waals surface area contributed by atoms with Crippen LogP contribution in [0.2, 0.25) is 0 Å². The molecule has 0 fully saturated rings. The summed E-state index contributed by atoms with van der Waals surface area (Å²) >= 11 is 0. The Hall–Kier alpha value is -1.86. The van der Waals surface area contributed by atoms with E-state index in [2.05, 4.69) is 26.8 Å². The van der Waals surface area contributed by atoms with Crippen molar-refractivity contribution in [2.24, 2.45) is 0 Å². The number of aromatic amines is 2. The Morgan fingerprint density at radius 1 is 1.53 bits per heavy atom. The lowest BCUT2D eigenvalue weighted by Crippen LogP contribution is -2.14. The zero-order chi connectivity index (χ0) is 10.9. The predicted octanol–water partition coefficient (Wildman–Crippen LogP) is 0.499. The lowest BCUT2D eigenvalue weighted by atomic mass is 10.1. The van der Waals surface area contributed by atoms with E-state index < -0.39 is 5.60 Å². The van der Waals surface area contributed by atoms with Crippen molar-refractivity contribution >= 4 is 11.0 Å². The summed E-state index contributed by atoms with van der Waals surface area (Å²) in [7, 11) is 0. The van der Waals surface area contributed by atoms with Crippen LogP contribution in [0.4, 0.5) is 0 Å². The van der Waals surface area contributed by atoms with Gasteiger partial charge in [0, 0.05) is 0 Å². The second kappa shape index (κ2) is 3.37. The van der Waals surface area contributed by atoms with Gasteiger partial charge in [0.05, 0.1) is 6.20 Å². The fourth-order valence-corrected chi connectivity index (χ4v) is 1.23. The minimum absolute atomic E-state index is 0.659. The number of nitrogens with one attached hydrogen (secondary N) is 2. The molecular formula is C11H12N3O+.